The molecule has 1 saturated heterocycles. The number of carbonyl (C=O) groups is 4. The van der Waals surface area contributed by atoms with E-state index < -0.39 is 92.2 Å². The molecule has 7 rings (SSSR count). The van der Waals surface area contributed by atoms with Crippen LogP contribution in [0.3, 0.4) is 0 Å². The van der Waals surface area contributed by atoms with E-state index in [1.807, 2.05) is 26.8 Å². The zero-order chi connectivity index (χ0) is 49.7. The summed E-state index contributed by atoms with van der Waals surface area (Å²) in [4.78, 5) is 68.3. The number of nitrogens with one attached hydrogen (secondary N) is 2. The normalized spacial score (nSPS) is 28.8. The van der Waals surface area contributed by atoms with Gasteiger partial charge in [0, 0.05) is 23.8 Å². The van der Waals surface area contributed by atoms with Crippen LogP contribution in [-0.4, -0.2) is 110 Å². The van der Waals surface area contributed by atoms with E-state index in [4.69, 9.17) is 19.2 Å². The maximum atomic E-state index is 18.2. The number of alkyl halides is 2. The van der Waals surface area contributed by atoms with Crippen molar-refractivity contribution < 1.29 is 55.7 Å². The number of nitrogens with zero attached hydrogens (tertiary/aromatic N) is 4. The van der Waals surface area contributed by atoms with Crippen molar-refractivity contribution in [1.82, 2.24) is 29.8 Å². The van der Waals surface area contributed by atoms with E-state index in [1.54, 1.807) is 63.2 Å². The van der Waals surface area contributed by atoms with Crippen LogP contribution in [0.2, 0.25) is 0 Å². The van der Waals surface area contributed by atoms with Crippen molar-refractivity contribution in [3.8, 4) is 28.8 Å². The van der Waals surface area contributed by atoms with E-state index in [9.17, 15) is 23.1 Å². The van der Waals surface area contributed by atoms with Gasteiger partial charge in [-0.25, -0.2) is 18.2 Å². The number of allylic oxidation sites excluding steroid dienone is 1. The second-order valence-electron chi connectivity index (χ2n) is 19.8. The average molecular weight is 967 g/mol. The molecule has 19 heteroatoms. The molecule has 16 nitrogen and oxygen atoms in total. The molecular weight excluding hydrogens is 903 g/mol. The minimum Gasteiger partial charge on any atom is -0.497 e. The Morgan fingerprint density at radius 2 is 1.75 bits per heavy atom. The van der Waals surface area contributed by atoms with Crippen LogP contribution < -0.4 is 24.2 Å². The van der Waals surface area contributed by atoms with Crippen molar-refractivity contribution in [2.24, 2.45) is 17.8 Å². The van der Waals surface area contributed by atoms with Gasteiger partial charge in [0.2, 0.25) is 21.8 Å². The number of carboxylic acid groups (broad SMARTS) is 1. The van der Waals surface area contributed by atoms with Crippen molar-refractivity contribution >= 4 is 44.6 Å². The lowest BCUT2D eigenvalue weighted by atomic mass is 9.83. The number of ether oxygens (including phenoxy) is 3. The highest BCUT2D eigenvalue weighted by atomic mass is 32.2. The van der Waals surface area contributed by atoms with Crippen molar-refractivity contribution in [2.75, 3.05) is 7.11 Å². The van der Waals surface area contributed by atoms with Crippen LogP contribution in [-0.2, 0) is 24.4 Å². The molecule has 0 radical (unpaired) electrons. The van der Waals surface area contributed by atoms with Gasteiger partial charge in [-0.15, -0.1) is 0 Å². The van der Waals surface area contributed by atoms with Gasteiger partial charge in [-0.2, -0.15) is 8.78 Å². The van der Waals surface area contributed by atoms with Crippen LogP contribution in [0.15, 0.2) is 54.7 Å². The number of benzene rings is 1. The minimum atomic E-state index is -4.35. The van der Waals surface area contributed by atoms with Gasteiger partial charge < -0.3 is 24.6 Å². The quantitative estimate of drug-likeness (QED) is 0.111. The second-order valence-corrected chi connectivity index (χ2v) is 22.0. The summed E-state index contributed by atoms with van der Waals surface area (Å²) < 4.78 is 81.9. The lowest BCUT2D eigenvalue weighted by Gasteiger charge is -2.43. The molecule has 3 aromatic rings. The Hall–Kier alpha value is -5.59. The SMILES string of the molecule is CCC(C)N(C(=O)O)[C@@H]1C(=O)N2[C@@H](C[C@@](C)(Oc3nc(-c4ccc(OC(C)C)cn4)cc4cc(OC)ccc34)C2(F)F)C(=O)N[C@]2(C(=O)NS(=O)(=O)C3(C)CC3)C[C@H]2/C=C\CC[C@@H](C)C[C@H]1CC. The molecule has 2 aromatic heterocycles. The summed E-state index contributed by atoms with van der Waals surface area (Å²) in [6.07, 6.45) is 5.07. The Labute approximate surface area is 396 Å². The topological polar surface area (TPSA) is 207 Å². The fourth-order valence-electron chi connectivity index (χ4n) is 9.60. The first-order valence-electron chi connectivity index (χ1n) is 23.5. The summed E-state index contributed by atoms with van der Waals surface area (Å²) in [7, 11) is -2.72. The number of sulfonamides is 1. The number of carbonyl (C=O) groups excluding carboxylic acids is 3. The number of hydrogen-bond acceptors (Lipinski definition) is 11. The number of rotatable bonds is 13. The van der Waals surface area contributed by atoms with Crippen LogP contribution in [0.25, 0.3) is 22.2 Å². The lowest BCUT2D eigenvalue weighted by Crippen LogP contribution is -2.65. The van der Waals surface area contributed by atoms with Gasteiger partial charge in [0.25, 0.3) is 11.8 Å². The van der Waals surface area contributed by atoms with Crippen LogP contribution in [0, 0.1) is 17.8 Å². The molecule has 68 heavy (non-hydrogen) atoms. The molecule has 4 aliphatic rings. The third-order valence-corrected chi connectivity index (χ3v) is 16.5. The standard InChI is InChI=1S/C49H64F2N6O10S/c1-10-30(6)56(45(61)62)40-31(11-2)22-29(5)14-12-13-15-33-25-48(33,44(60)55-68(63,64)46(7)20-21-46)54-41(58)39-26-47(8,49(50,51)57(39)43(40)59)67-42-36-18-16-34(65-9)23-32(36)24-38(53-42)37-19-17-35(27-52-37)66-28(3)4/h13,15-19,23-24,27-31,33,39-40H,10-12,14,20-22,25-26H2,1-9H3,(H,54,58)(H,55,60)(H,61,62)/b15-13-/t29-,30?,31-,33-,39+,40+,47-,48-/m1/s1. The van der Waals surface area contributed by atoms with Gasteiger partial charge in [-0.05, 0) is 133 Å². The molecule has 370 valence electrons. The first-order chi connectivity index (χ1) is 31.9. The summed E-state index contributed by atoms with van der Waals surface area (Å²) in [5, 5.41) is 14.2. The van der Waals surface area contributed by atoms with Crippen molar-refractivity contribution in [1.29, 1.82) is 0 Å². The maximum Gasteiger partial charge on any atom is 0.408 e. The highest BCUT2D eigenvalue weighted by Crippen LogP contribution is 2.52. The molecule has 4 amide bonds. The van der Waals surface area contributed by atoms with Crippen LogP contribution in [0.4, 0.5) is 13.6 Å². The number of hydrogen-bond donors (Lipinski definition) is 3. The molecule has 3 N–H and O–H groups in total. The first-order valence-corrected chi connectivity index (χ1v) is 25.0. The molecule has 1 unspecified atom stereocenters. The largest absolute Gasteiger partial charge is 0.497 e. The Morgan fingerprint density at radius 3 is 2.35 bits per heavy atom. The Kier molecular flexibility index (Phi) is 13.8. The summed E-state index contributed by atoms with van der Waals surface area (Å²) in [6.45, 7) is 13.3. The molecule has 4 heterocycles. The molecule has 0 bridgehead atoms. The summed E-state index contributed by atoms with van der Waals surface area (Å²) in [5.41, 5.74) is -4.03. The van der Waals surface area contributed by atoms with E-state index in [0.717, 1.165) is 11.8 Å². The molecule has 2 aliphatic heterocycles. The van der Waals surface area contributed by atoms with Gasteiger partial charge >= 0.3 is 12.1 Å². The molecular formula is C49H64F2N6O10S. The van der Waals surface area contributed by atoms with Gasteiger partial charge in [0.15, 0.2) is 5.60 Å². The second kappa shape index (κ2) is 18.7. The molecule has 3 fully saturated rings. The Balaban J connectivity index is 1.37. The van der Waals surface area contributed by atoms with E-state index >= 15 is 18.4 Å². The zero-order valence-electron chi connectivity index (χ0n) is 40.2. The molecule has 8 atom stereocenters. The minimum absolute atomic E-state index is 0.0419. The van der Waals surface area contributed by atoms with Crippen LogP contribution >= 0.6 is 0 Å². The van der Waals surface area contributed by atoms with Crippen LogP contribution in [0.1, 0.15) is 113 Å². The van der Waals surface area contributed by atoms with Gasteiger partial charge in [0.1, 0.15) is 29.1 Å². The third-order valence-electron chi connectivity index (χ3n) is 14.4. The first kappa shape index (κ1) is 50.3. The maximum absolute atomic E-state index is 18.2. The number of methoxy groups -OCH3 is 1. The molecule has 2 saturated carbocycles. The smallest absolute Gasteiger partial charge is 0.408 e. The Morgan fingerprint density at radius 1 is 1.04 bits per heavy atom. The van der Waals surface area contributed by atoms with Gasteiger partial charge in [-0.3, -0.25) is 33.9 Å². The number of pyridine rings is 2. The van der Waals surface area contributed by atoms with Crippen molar-refractivity contribution in [3.63, 3.8) is 0 Å². The lowest BCUT2D eigenvalue weighted by molar-refractivity contribution is -0.219. The Bertz CT molecular complexity index is 2580. The van der Waals surface area contributed by atoms with Crippen molar-refractivity contribution in [3.05, 3.63) is 54.7 Å². The fraction of sp³-hybridized carbons (Fsp3) is 0.592. The highest BCUT2D eigenvalue weighted by molar-refractivity contribution is 7.91. The summed E-state index contributed by atoms with van der Waals surface area (Å²) in [6, 6.07) is 1.00. The number of fused-ring (bicyclic) bond motifs is 3. The van der Waals surface area contributed by atoms with Crippen LogP contribution in [0.5, 0.6) is 17.4 Å². The van der Waals surface area contributed by atoms with E-state index in [0.29, 0.717) is 54.7 Å². The molecule has 1 aromatic carbocycles. The van der Waals surface area contributed by atoms with Gasteiger partial charge in [0.05, 0.1) is 35.5 Å². The molecule has 2 aliphatic carbocycles. The van der Waals surface area contributed by atoms with Gasteiger partial charge in [-0.1, -0.05) is 39.3 Å². The number of halogens is 2. The van der Waals surface area contributed by atoms with E-state index in [-0.39, 0.29) is 53.1 Å². The predicted octanol–water partition coefficient (Wildman–Crippen LogP) is 7.85. The highest BCUT2D eigenvalue weighted by Gasteiger charge is 2.71. The third kappa shape index (κ3) is 9.42. The van der Waals surface area contributed by atoms with E-state index in [1.165, 1.54) is 20.2 Å². The van der Waals surface area contributed by atoms with E-state index in [2.05, 4.69) is 15.0 Å². The monoisotopic (exact) mass is 966 g/mol. The number of aromatic nitrogens is 2. The van der Waals surface area contributed by atoms with Crippen molar-refractivity contribution in [2.45, 2.75) is 159 Å². The summed E-state index contributed by atoms with van der Waals surface area (Å²) in [5.74, 6) is -4.43. The zero-order valence-corrected chi connectivity index (χ0v) is 41.0. The molecule has 0 spiro atoms. The predicted molar refractivity (Wildman–Crippen MR) is 250 cm³/mol. The average Bonchev–Trinajstić information content (AvgIpc) is 4.19. The fourth-order valence-corrected chi connectivity index (χ4v) is 10.9. The number of amides is 4. The summed E-state index contributed by atoms with van der Waals surface area (Å²) >= 11 is 0.